The Balaban J connectivity index is 2.90. The van der Waals surface area contributed by atoms with E-state index in [9.17, 15) is 4.57 Å². The molecule has 5 nitrogen and oxygen atoms in total. The van der Waals surface area contributed by atoms with Gasteiger partial charge in [0, 0.05) is 6.54 Å². The van der Waals surface area contributed by atoms with Crippen molar-refractivity contribution in [1.29, 1.82) is 0 Å². The molecule has 0 amide bonds. The third-order valence-electron chi connectivity index (χ3n) is 2.40. The molecule has 90 valence electrons. The molecule has 1 rings (SSSR count). The van der Waals surface area contributed by atoms with Crippen LogP contribution >= 0.6 is 7.60 Å². The molecule has 0 saturated heterocycles. The number of methoxy groups -OCH3 is 1. The number of para-hydroxylation sites is 1. The molecule has 0 aliphatic carbocycles. The van der Waals surface area contributed by atoms with E-state index in [2.05, 4.69) is 0 Å². The average molecular weight is 245 g/mol. The molecule has 0 saturated carbocycles. The van der Waals surface area contributed by atoms with Crippen molar-refractivity contribution >= 4 is 7.60 Å². The minimum atomic E-state index is -4.15. The summed E-state index contributed by atoms with van der Waals surface area (Å²) in [6.07, 6.45) is 0.213. The molecular weight excluding hydrogens is 229 g/mol. The summed E-state index contributed by atoms with van der Waals surface area (Å²) in [4.78, 5) is 18.2. The van der Waals surface area contributed by atoms with Crippen LogP contribution in [-0.2, 0) is 11.0 Å². The van der Waals surface area contributed by atoms with Gasteiger partial charge in [0.2, 0.25) is 0 Å². The van der Waals surface area contributed by atoms with Crippen LogP contribution in [-0.4, -0.2) is 29.1 Å². The third-order valence-corrected chi connectivity index (χ3v) is 3.74. The fourth-order valence-corrected chi connectivity index (χ4v) is 2.17. The summed E-state index contributed by atoms with van der Waals surface area (Å²) in [7, 11) is -2.63. The van der Waals surface area contributed by atoms with Crippen molar-refractivity contribution in [2.24, 2.45) is 5.73 Å². The van der Waals surface area contributed by atoms with Crippen LogP contribution in [0.15, 0.2) is 24.3 Å². The molecule has 1 aromatic carbocycles. The minimum Gasteiger partial charge on any atom is -0.496 e. The van der Waals surface area contributed by atoms with Gasteiger partial charge in [0.15, 0.2) is 0 Å². The largest absolute Gasteiger partial charge is 0.496 e. The zero-order chi connectivity index (χ0) is 12.2. The lowest BCUT2D eigenvalue weighted by Gasteiger charge is -2.17. The zero-order valence-electron chi connectivity index (χ0n) is 9.04. The Labute approximate surface area is 94.4 Å². The van der Waals surface area contributed by atoms with Crippen molar-refractivity contribution in [2.45, 2.75) is 12.1 Å². The van der Waals surface area contributed by atoms with Gasteiger partial charge in [0.25, 0.3) is 0 Å². The Hall–Kier alpha value is -0.870. The summed E-state index contributed by atoms with van der Waals surface area (Å²) in [5.41, 5.74) is 5.26. The smallest absolute Gasteiger partial charge is 0.330 e. The van der Waals surface area contributed by atoms with Gasteiger partial charge in [-0.1, -0.05) is 18.2 Å². The minimum absolute atomic E-state index is 0.0532. The van der Waals surface area contributed by atoms with Gasteiger partial charge in [-0.15, -0.1) is 0 Å². The lowest BCUT2D eigenvalue weighted by molar-refractivity contribution is 0.356. The highest BCUT2D eigenvalue weighted by Crippen LogP contribution is 2.42. The Bertz CT molecular complexity index is 390. The van der Waals surface area contributed by atoms with Crippen LogP contribution in [0.3, 0.4) is 0 Å². The maximum absolute atomic E-state index is 11.1. The zero-order valence-corrected chi connectivity index (χ0v) is 9.93. The molecular formula is C10H16NO4P. The highest BCUT2D eigenvalue weighted by atomic mass is 31.2. The summed E-state index contributed by atoms with van der Waals surface area (Å²) in [5, 5.41) is 0. The monoisotopic (exact) mass is 245 g/mol. The van der Waals surface area contributed by atoms with Gasteiger partial charge in [-0.3, -0.25) is 4.57 Å². The molecule has 16 heavy (non-hydrogen) atoms. The molecule has 0 aliphatic heterocycles. The molecule has 0 radical (unpaired) electrons. The quantitative estimate of drug-likeness (QED) is 0.665. The van der Waals surface area contributed by atoms with Gasteiger partial charge in [-0.05, 0) is 18.1 Å². The normalized spacial score (nSPS) is 13.5. The van der Waals surface area contributed by atoms with Gasteiger partial charge in [-0.25, -0.2) is 0 Å². The summed E-state index contributed by atoms with van der Waals surface area (Å²) in [6.45, 7) is -0.0532. The van der Waals surface area contributed by atoms with Crippen molar-refractivity contribution in [3.05, 3.63) is 29.8 Å². The van der Waals surface area contributed by atoms with Crippen LogP contribution in [0.25, 0.3) is 0 Å². The molecule has 0 heterocycles. The number of benzene rings is 1. The van der Waals surface area contributed by atoms with Gasteiger partial charge >= 0.3 is 7.60 Å². The second-order valence-corrected chi connectivity index (χ2v) is 5.40. The lowest BCUT2D eigenvalue weighted by Crippen LogP contribution is -2.23. The first-order chi connectivity index (χ1) is 7.49. The summed E-state index contributed by atoms with van der Waals surface area (Å²) < 4.78 is 16.2. The SMILES string of the molecule is COc1ccccc1C[C@@H](CN)P(=O)(O)O. The van der Waals surface area contributed by atoms with Crippen molar-refractivity contribution in [1.82, 2.24) is 0 Å². The van der Waals surface area contributed by atoms with Crippen molar-refractivity contribution in [3.8, 4) is 5.75 Å². The first-order valence-electron chi connectivity index (χ1n) is 4.86. The second-order valence-electron chi connectivity index (χ2n) is 3.49. The van der Waals surface area contributed by atoms with Crippen molar-refractivity contribution in [3.63, 3.8) is 0 Å². The van der Waals surface area contributed by atoms with E-state index in [1.807, 2.05) is 0 Å². The number of nitrogens with two attached hydrogens (primary N) is 1. The summed E-state index contributed by atoms with van der Waals surface area (Å²) in [6, 6.07) is 7.13. The van der Waals surface area contributed by atoms with Gasteiger partial charge in [0.1, 0.15) is 5.75 Å². The van der Waals surface area contributed by atoms with Crippen LogP contribution in [0.4, 0.5) is 0 Å². The molecule has 0 spiro atoms. The fourth-order valence-electron chi connectivity index (χ4n) is 1.47. The third kappa shape index (κ3) is 3.32. The van der Waals surface area contributed by atoms with E-state index in [4.69, 9.17) is 20.3 Å². The lowest BCUT2D eigenvalue weighted by atomic mass is 10.1. The molecule has 1 atom stereocenters. The highest BCUT2D eigenvalue weighted by molar-refractivity contribution is 7.52. The standard InChI is InChI=1S/C10H16NO4P/c1-15-10-5-3-2-4-8(10)6-9(7-11)16(12,13)14/h2-5,9H,6-7,11H2,1H3,(H2,12,13,14)/t9-/m0/s1. The number of ether oxygens (including phenoxy) is 1. The molecule has 1 aromatic rings. The Kier molecular flexibility index (Phi) is 4.50. The average Bonchev–Trinajstić information content (AvgIpc) is 2.24. The summed E-state index contributed by atoms with van der Waals surface area (Å²) in [5.74, 6) is 0.620. The molecule has 0 unspecified atom stereocenters. The summed E-state index contributed by atoms with van der Waals surface area (Å²) >= 11 is 0. The van der Waals surface area contributed by atoms with Crippen LogP contribution in [0.2, 0.25) is 0 Å². The Morgan fingerprint density at radius 2 is 2.06 bits per heavy atom. The molecule has 0 aliphatic rings. The van der Waals surface area contributed by atoms with Crippen molar-refractivity contribution < 1.29 is 19.1 Å². The maximum atomic E-state index is 11.1. The van der Waals surface area contributed by atoms with E-state index in [-0.39, 0.29) is 13.0 Å². The number of hydrogen-bond donors (Lipinski definition) is 3. The van der Waals surface area contributed by atoms with E-state index in [0.29, 0.717) is 5.75 Å². The predicted molar refractivity (Wildman–Crippen MR) is 61.6 cm³/mol. The molecule has 0 bridgehead atoms. The van der Waals surface area contributed by atoms with E-state index in [1.54, 1.807) is 24.3 Å². The Morgan fingerprint density at radius 1 is 1.44 bits per heavy atom. The van der Waals surface area contributed by atoms with Crippen LogP contribution in [0, 0.1) is 0 Å². The molecule has 4 N–H and O–H groups in total. The first kappa shape index (κ1) is 13.2. The van der Waals surface area contributed by atoms with E-state index >= 15 is 0 Å². The van der Waals surface area contributed by atoms with E-state index < -0.39 is 13.3 Å². The number of hydrogen-bond acceptors (Lipinski definition) is 3. The van der Waals surface area contributed by atoms with E-state index in [0.717, 1.165) is 5.56 Å². The second kappa shape index (κ2) is 5.46. The first-order valence-corrected chi connectivity index (χ1v) is 6.54. The van der Waals surface area contributed by atoms with Crippen LogP contribution in [0.5, 0.6) is 5.75 Å². The Morgan fingerprint density at radius 3 is 2.56 bits per heavy atom. The molecule has 0 aromatic heterocycles. The molecule has 0 fully saturated rings. The van der Waals surface area contributed by atoms with E-state index in [1.165, 1.54) is 7.11 Å². The van der Waals surface area contributed by atoms with Crippen LogP contribution < -0.4 is 10.5 Å². The number of rotatable bonds is 5. The maximum Gasteiger partial charge on any atom is 0.330 e. The van der Waals surface area contributed by atoms with Gasteiger partial charge in [0.05, 0.1) is 12.8 Å². The van der Waals surface area contributed by atoms with Crippen LogP contribution in [0.1, 0.15) is 5.56 Å². The topological polar surface area (TPSA) is 92.8 Å². The predicted octanol–water partition coefficient (Wildman–Crippen LogP) is 0.743. The fraction of sp³-hybridized carbons (Fsp3) is 0.400. The molecule has 6 heteroatoms. The highest BCUT2D eigenvalue weighted by Gasteiger charge is 2.28. The van der Waals surface area contributed by atoms with Gasteiger partial charge in [-0.2, -0.15) is 0 Å². The van der Waals surface area contributed by atoms with Gasteiger partial charge < -0.3 is 20.3 Å². The van der Waals surface area contributed by atoms with Crippen molar-refractivity contribution in [2.75, 3.05) is 13.7 Å².